The fourth-order valence-electron chi connectivity index (χ4n) is 4.59. The SMILES string of the molecule is C=C[C@H]1CN(S(=O)(=O)c2ccc(C)cc2)[C@@H](c2ccc(F)cc2)c2[nH]c3ccccc3c21. The number of nitrogens with zero attached hydrogens (tertiary/aromatic N) is 1. The van der Waals surface area contributed by atoms with E-state index in [0.29, 0.717) is 5.56 Å². The molecule has 2 atom stereocenters. The first-order valence-electron chi connectivity index (χ1n) is 10.5. The van der Waals surface area contributed by atoms with Gasteiger partial charge in [0.2, 0.25) is 10.0 Å². The first-order chi connectivity index (χ1) is 15.4. The van der Waals surface area contributed by atoms with Crippen LogP contribution in [0.15, 0.2) is 90.3 Å². The highest BCUT2D eigenvalue weighted by molar-refractivity contribution is 7.89. The summed E-state index contributed by atoms with van der Waals surface area (Å²) in [5, 5.41) is 1.05. The van der Waals surface area contributed by atoms with Crippen molar-refractivity contribution in [3.63, 3.8) is 0 Å². The highest BCUT2D eigenvalue weighted by Gasteiger charge is 2.42. The van der Waals surface area contributed by atoms with Crippen LogP contribution >= 0.6 is 0 Å². The molecule has 0 bridgehead atoms. The number of benzene rings is 3. The maximum Gasteiger partial charge on any atom is 0.244 e. The molecule has 0 saturated heterocycles. The topological polar surface area (TPSA) is 53.2 Å². The van der Waals surface area contributed by atoms with Crippen LogP contribution in [0.3, 0.4) is 0 Å². The van der Waals surface area contributed by atoms with Crippen molar-refractivity contribution in [3.8, 4) is 0 Å². The van der Waals surface area contributed by atoms with Crippen LogP contribution in [0.5, 0.6) is 0 Å². The van der Waals surface area contributed by atoms with Crippen molar-refractivity contribution in [3.05, 3.63) is 114 Å². The lowest BCUT2D eigenvalue weighted by Crippen LogP contribution is -2.42. The van der Waals surface area contributed by atoms with Crippen LogP contribution in [0.2, 0.25) is 0 Å². The highest BCUT2D eigenvalue weighted by Crippen LogP contribution is 2.45. The van der Waals surface area contributed by atoms with Gasteiger partial charge in [-0.2, -0.15) is 4.31 Å². The van der Waals surface area contributed by atoms with Gasteiger partial charge in [0.05, 0.1) is 10.9 Å². The number of aromatic amines is 1. The standard InChI is InChI=1S/C26H23FN2O2S/c1-3-18-16-29(32(30,31)21-14-8-17(2)9-15-21)26(19-10-12-20(27)13-11-19)25-24(18)22-6-4-5-7-23(22)28-25/h3-15,18,26,28H,1,16H2,2H3/t18-,26-/m0/s1. The van der Waals surface area contributed by atoms with Gasteiger partial charge < -0.3 is 4.98 Å². The van der Waals surface area contributed by atoms with E-state index in [1.807, 2.05) is 31.2 Å². The molecule has 5 rings (SSSR count). The maximum absolute atomic E-state index is 13.8. The monoisotopic (exact) mass is 446 g/mol. The first kappa shape index (κ1) is 20.7. The number of fused-ring (bicyclic) bond motifs is 3. The Labute approximate surface area is 187 Å². The van der Waals surface area contributed by atoms with Gasteiger partial charge in [0.15, 0.2) is 0 Å². The second-order valence-corrected chi connectivity index (χ2v) is 10.1. The van der Waals surface area contributed by atoms with Gasteiger partial charge in [-0.3, -0.25) is 0 Å². The van der Waals surface area contributed by atoms with E-state index >= 15 is 0 Å². The summed E-state index contributed by atoms with van der Waals surface area (Å²) in [5.41, 5.74) is 4.47. The van der Waals surface area contributed by atoms with Gasteiger partial charge in [0.1, 0.15) is 5.82 Å². The van der Waals surface area contributed by atoms with Gasteiger partial charge in [0, 0.05) is 29.1 Å². The summed E-state index contributed by atoms with van der Waals surface area (Å²) in [4.78, 5) is 3.69. The lowest BCUT2D eigenvalue weighted by Gasteiger charge is -2.38. The maximum atomic E-state index is 13.8. The Balaban J connectivity index is 1.76. The molecule has 3 aromatic carbocycles. The second kappa shape index (κ2) is 7.73. The summed E-state index contributed by atoms with van der Waals surface area (Å²) in [7, 11) is -3.84. The van der Waals surface area contributed by atoms with Crippen LogP contribution in [0, 0.1) is 12.7 Å². The number of halogens is 1. The molecule has 6 heteroatoms. The van der Waals surface area contributed by atoms with Gasteiger partial charge >= 0.3 is 0 Å². The predicted octanol–water partition coefficient (Wildman–Crippen LogP) is 5.68. The van der Waals surface area contributed by atoms with Crippen LogP contribution in [0.4, 0.5) is 4.39 Å². The molecule has 1 aromatic heterocycles. The molecule has 1 aliphatic rings. The minimum atomic E-state index is -3.84. The van der Waals surface area contributed by atoms with Crippen molar-refractivity contribution in [1.82, 2.24) is 9.29 Å². The zero-order chi connectivity index (χ0) is 22.5. The molecule has 0 unspecified atom stereocenters. The summed E-state index contributed by atoms with van der Waals surface area (Å²) < 4.78 is 42.9. The minimum Gasteiger partial charge on any atom is -0.357 e. The molecule has 0 radical (unpaired) electrons. The van der Waals surface area contributed by atoms with E-state index in [9.17, 15) is 12.8 Å². The highest BCUT2D eigenvalue weighted by atomic mass is 32.2. The Morgan fingerprint density at radius 1 is 1.03 bits per heavy atom. The number of H-pyrrole nitrogens is 1. The number of aryl methyl sites for hydroxylation is 1. The van der Waals surface area contributed by atoms with Crippen molar-refractivity contribution in [2.75, 3.05) is 6.54 Å². The van der Waals surface area contributed by atoms with E-state index in [0.717, 1.165) is 27.7 Å². The number of hydrogen-bond donors (Lipinski definition) is 1. The summed E-state index contributed by atoms with van der Waals surface area (Å²) in [5.74, 6) is -0.545. The number of nitrogens with one attached hydrogen (secondary N) is 1. The van der Waals surface area contributed by atoms with Gasteiger partial charge in [0.25, 0.3) is 0 Å². The third-order valence-corrected chi connectivity index (χ3v) is 8.03. The summed E-state index contributed by atoms with van der Waals surface area (Å²) >= 11 is 0. The lowest BCUT2D eigenvalue weighted by atomic mass is 9.87. The van der Waals surface area contributed by atoms with Gasteiger partial charge in [-0.05, 0) is 48.4 Å². The van der Waals surface area contributed by atoms with Crippen LogP contribution in [-0.2, 0) is 10.0 Å². The van der Waals surface area contributed by atoms with Crippen molar-refractivity contribution >= 4 is 20.9 Å². The summed E-state index contributed by atoms with van der Waals surface area (Å²) in [6.07, 6.45) is 1.80. The number of hydrogen-bond acceptors (Lipinski definition) is 2. The Bertz CT molecular complexity index is 1410. The molecule has 2 heterocycles. The smallest absolute Gasteiger partial charge is 0.244 e. The molecule has 1 aliphatic heterocycles. The largest absolute Gasteiger partial charge is 0.357 e. The summed E-state index contributed by atoms with van der Waals surface area (Å²) in [6, 6.07) is 20.2. The molecule has 1 N–H and O–H groups in total. The molecule has 0 saturated carbocycles. The average Bonchev–Trinajstić information content (AvgIpc) is 3.18. The lowest BCUT2D eigenvalue weighted by molar-refractivity contribution is 0.326. The van der Waals surface area contributed by atoms with Crippen LogP contribution in [-0.4, -0.2) is 24.3 Å². The molecular weight excluding hydrogens is 423 g/mol. The van der Waals surface area contributed by atoms with E-state index in [-0.39, 0.29) is 23.2 Å². The van der Waals surface area contributed by atoms with Gasteiger partial charge in [-0.25, -0.2) is 12.8 Å². The van der Waals surface area contributed by atoms with E-state index in [1.54, 1.807) is 42.5 Å². The van der Waals surface area contributed by atoms with Gasteiger partial charge in [-0.1, -0.05) is 54.1 Å². The predicted molar refractivity (Wildman–Crippen MR) is 125 cm³/mol. The molecule has 0 fully saturated rings. The molecule has 162 valence electrons. The minimum absolute atomic E-state index is 0.182. The average molecular weight is 447 g/mol. The van der Waals surface area contributed by atoms with Crippen LogP contribution in [0.25, 0.3) is 10.9 Å². The fourth-order valence-corrected chi connectivity index (χ4v) is 6.20. The number of aromatic nitrogens is 1. The third-order valence-electron chi connectivity index (χ3n) is 6.18. The van der Waals surface area contributed by atoms with E-state index in [2.05, 4.69) is 11.6 Å². The van der Waals surface area contributed by atoms with Gasteiger partial charge in [-0.15, -0.1) is 6.58 Å². The van der Waals surface area contributed by atoms with E-state index in [1.165, 1.54) is 16.4 Å². The zero-order valence-corrected chi connectivity index (χ0v) is 18.4. The Morgan fingerprint density at radius 2 is 1.72 bits per heavy atom. The van der Waals surface area contributed by atoms with Crippen LogP contribution < -0.4 is 0 Å². The molecule has 0 amide bonds. The van der Waals surface area contributed by atoms with E-state index in [4.69, 9.17) is 0 Å². The van der Waals surface area contributed by atoms with Crippen molar-refractivity contribution in [2.45, 2.75) is 23.8 Å². The van der Waals surface area contributed by atoms with Crippen LogP contribution in [0.1, 0.15) is 34.3 Å². The normalized spacial score (nSPS) is 19.1. The van der Waals surface area contributed by atoms with Crippen molar-refractivity contribution in [1.29, 1.82) is 0 Å². The molecule has 32 heavy (non-hydrogen) atoms. The Kier molecular flexibility index (Phi) is 4.99. The molecule has 0 aliphatic carbocycles. The number of rotatable bonds is 4. The van der Waals surface area contributed by atoms with Crippen molar-refractivity contribution < 1.29 is 12.8 Å². The Morgan fingerprint density at radius 3 is 2.41 bits per heavy atom. The fraction of sp³-hybridized carbons (Fsp3) is 0.154. The zero-order valence-electron chi connectivity index (χ0n) is 17.6. The number of para-hydroxylation sites is 1. The molecular formula is C26H23FN2O2S. The Hall–Kier alpha value is -3.22. The summed E-state index contributed by atoms with van der Waals surface area (Å²) in [6.45, 7) is 6.16. The first-order valence-corrected chi connectivity index (χ1v) is 11.9. The second-order valence-electron chi connectivity index (χ2n) is 8.18. The third kappa shape index (κ3) is 3.27. The molecule has 4 nitrogen and oxygen atoms in total. The quantitative estimate of drug-likeness (QED) is 0.410. The molecule has 0 spiro atoms. The van der Waals surface area contributed by atoms with E-state index < -0.39 is 16.1 Å². The molecule has 4 aromatic rings. The number of sulfonamides is 1. The van der Waals surface area contributed by atoms with Crippen molar-refractivity contribution in [2.24, 2.45) is 0 Å².